The van der Waals surface area contributed by atoms with Crippen molar-refractivity contribution in [2.75, 3.05) is 28.4 Å². The van der Waals surface area contributed by atoms with Crippen molar-refractivity contribution in [3.8, 4) is 17.2 Å². The number of aromatic hydroxyl groups is 2. The van der Waals surface area contributed by atoms with Gasteiger partial charge in [0.2, 0.25) is 0 Å². The molecular weight excluding hydrogens is 1080 g/mol. The Bertz CT molecular complexity index is 2860. The van der Waals surface area contributed by atoms with Gasteiger partial charge in [0.1, 0.15) is 33.9 Å². The Morgan fingerprint density at radius 3 is 1.10 bits per heavy atom. The van der Waals surface area contributed by atoms with Crippen LogP contribution in [0, 0.1) is 0 Å². The van der Waals surface area contributed by atoms with Crippen LogP contribution < -0.4 is 40.1 Å². The number of ether oxygens (including phenoxy) is 5. The van der Waals surface area contributed by atoms with Crippen molar-refractivity contribution >= 4 is 77.1 Å². The van der Waals surface area contributed by atoms with Gasteiger partial charge in [0, 0.05) is 38.9 Å². The first-order valence-corrected chi connectivity index (χ1v) is 23.8. The minimum absolute atomic E-state index is 0. The first-order valence-electron chi connectivity index (χ1n) is 20.9. The summed E-state index contributed by atoms with van der Waals surface area (Å²) in [6, 6.07) is 36.1. The van der Waals surface area contributed by atoms with Crippen LogP contribution in [0.15, 0.2) is 142 Å². The van der Waals surface area contributed by atoms with E-state index in [1.165, 1.54) is 101 Å². The van der Waals surface area contributed by atoms with Crippen LogP contribution in [0.1, 0.15) is 115 Å². The van der Waals surface area contributed by atoms with Gasteiger partial charge in [-0.1, -0.05) is 84.3 Å². The largest absolute Gasteiger partial charge is 1.00 e. The number of phenols is 2. The maximum atomic E-state index is 12.3. The molecule has 0 aliphatic carbocycles. The number of hydrogen-bond donors (Lipinski definition) is 6. The Morgan fingerprint density at radius 2 is 0.769 bits per heavy atom. The van der Waals surface area contributed by atoms with Crippen molar-refractivity contribution in [2.45, 2.75) is 68.6 Å². The van der Waals surface area contributed by atoms with Crippen LogP contribution in [0.2, 0.25) is 0 Å². The minimum Gasteiger partial charge on any atom is -0.507 e. The third-order valence-corrected chi connectivity index (χ3v) is 12.6. The summed E-state index contributed by atoms with van der Waals surface area (Å²) in [4.78, 5) is 85.1. The normalized spacial score (nSPS) is 9.37. The Balaban J connectivity index is -0.00000103. The van der Waals surface area contributed by atoms with Crippen molar-refractivity contribution in [3.63, 3.8) is 0 Å². The molecule has 0 saturated carbocycles. The van der Waals surface area contributed by atoms with Crippen molar-refractivity contribution in [3.05, 3.63) is 183 Å². The SMILES string of the molecule is C.C.C.C.COC(=O)c1ccc(O)c(C(=O)OC)c1CSc1ccccc1.COC(=O)c1ccc(OC(C)=O)c(C(=O)OC)c1CSc1ccccc1.N[N-]O.O=C(O)c1ccc(O)c(C(=O)O)c1CSc1ccccc1.[Na+]. The van der Waals surface area contributed by atoms with E-state index in [-0.39, 0.29) is 121 Å². The molecule has 78 heavy (non-hydrogen) atoms. The van der Waals surface area contributed by atoms with E-state index in [0.29, 0.717) is 16.9 Å². The molecule has 0 atom stereocenters. The summed E-state index contributed by atoms with van der Waals surface area (Å²) in [6.45, 7) is 1.23. The number of rotatable bonds is 16. The average Bonchev–Trinajstić information content (AvgIpc) is 3.39. The van der Waals surface area contributed by atoms with Gasteiger partial charge in [-0.25, -0.2) is 28.8 Å². The summed E-state index contributed by atoms with van der Waals surface area (Å²) in [6.07, 6.45) is 0. The number of carboxylic acid groups (broad SMARTS) is 2. The summed E-state index contributed by atoms with van der Waals surface area (Å²) >= 11 is 4.18. The molecule has 0 heterocycles. The van der Waals surface area contributed by atoms with Crippen molar-refractivity contribution in [2.24, 2.45) is 5.84 Å². The number of carbonyl (C=O) groups is 7. The summed E-state index contributed by atoms with van der Waals surface area (Å²) in [7, 11) is 4.97. The molecule has 0 aromatic heterocycles. The molecule has 23 heteroatoms. The van der Waals surface area contributed by atoms with E-state index in [9.17, 15) is 54.0 Å². The van der Waals surface area contributed by atoms with Gasteiger partial charge in [-0.05, 0) is 89.5 Å². The number of thioether (sulfide) groups is 3. The van der Waals surface area contributed by atoms with Gasteiger partial charge < -0.3 is 60.7 Å². The van der Waals surface area contributed by atoms with Crippen LogP contribution in [-0.2, 0) is 41.0 Å². The molecule has 0 spiro atoms. The van der Waals surface area contributed by atoms with Crippen LogP contribution in [0.5, 0.6) is 17.2 Å². The average molecular weight is 1150 g/mol. The minimum atomic E-state index is -1.35. The molecule has 0 unspecified atom stereocenters. The molecule has 416 valence electrons. The molecule has 6 aromatic rings. The number of benzene rings is 6. The van der Waals surface area contributed by atoms with Gasteiger partial charge in [0.05, 0.1) is 45.1 Å². The number of nitrogens with two attached hydrogens (primary N) is 1. The predicted octanol–water partition coefficient (Wildman–Crippen LogP) is 8.99. The van der Waals surface area contributed by atoms with Gasteiger partial charge >= 0.3 is 71.3 Å². The number of aromatic carboxylic acids is 2. The number of carboxylic acids is 2. The molecule has 0 radical (unpaired) electrons. The Morgan fingerprint density at radius 1 is 0.462 bits per heavy atom. The second-order valence-electron chi connectivity index (χ2n) is 14.0. The number of hydrogen-bond acceptors (Lipinski definition) is 19. The number of carbonyl (C=O) groups excluding carboxylic acids is 5. The van der Waals surface area contributed by atoms with Gasteiger partial charge in [-0.2, -0.15) is 0 Å². The van der Waals surface area contributed by atoms with Crippen LogP contribution in [0.25, 0.3) is 5.59 Å². The molecular formula is C55H65N2NaO17S3. The van der Waals surface area contributed by atoms with Gasteiger partial charge in [-0.3, -0.25) is 4.79 Å². The van der Waals surface area contributed by atoms with Crippen LogP contribution in [0.4, 0.5) is 0 Å². The van der Waals surface area contributed by atoms with Crippen molar-refractivity contribution in [1.82, 2.24) is 0 Å². The van der Waals surface area contributed by atoms with Gasteiger partial charge in [-0.15, -0.1) is 35.3 Å². The topological polar surface area (TPSA) is 307 Å². The van der Waals surface area contributed by atoms with E-state index in [1.807, 2.05) is 96.6 Å². The second kappa shape index (κ2) is 39.5. The third kappa shape index (κ3) is 22.6. The van der Waals surface area contributed by atoms with Crippen LogP contribution in [0.3, 0.4) is 0 Å². The van der Waals surface area contributed by atoms with E-state index < -0.39 is 47.5 Å². The maximum absolute atomic E-state index is 12.3. The summed E-state index contributed by atoms with van der Waals surface area (Å²) < 4.78 is 24.2. The molecule has 7 N–H and O–H groups in total. The summed E-state index contributed by atoms with van der Waals surface area (Å²) in [5.74, 6) is -1.56. The standard InChI is InChI=1S/C19H18O6S.C17H16O5S.C15H12O5S.4CH4.H3N2O.Na/c1-12(20)25-16-10-9-14(18(21)23-2)15(17(16)19(22)24-3)11-26-13-7-5-4-6-8-13;1-21-16(19)12-8-9-14(18)15(17(20)22-2)13(12)10-23-11-6-4-3-5-7-11;16-12-7-6-10(14(17)18)11(13(12)15(19)20)8-21-9-4-2-1-3-5-9;;;;;1-2-3;/h4-10H,11H2,1-3H3;3-9,18H,10H2,1-2H3;1-7,16H,8H2,(H,17,18)(H,19,20);4*1H4;3H,1H2;/q;;;;;;;-1;+1. The molecule has 0 aliphatic heterocycles. The Hall–Kier alpha value is -6.86. The first-order chi connectivity index (χ1) is 35.0. The number of nitrogens with zero attached hydrogens (tertiary/aromatic N) is 1. The van der Waals surface area contributed by atoms with Crippen molar-refractivity contribution in [1.29, 1.82) is 0 Å². The fourth-order valence-corrected chi connectivity index (χ4v) is 9.18. The van der Waals surface area contributed by atoms with Crippen molar-refractivity contribution < 1.29 is 112 Å². The van der Waals surface area contributed by atoms with Crippen LogP contribution >= 0.6 is 35.3 Å². The smallest absolute Gasteiger partial charge is 0.507 e. The fourth-order valence-electron chi connectivity index (χ4n) is 6.30. The summed E-state index contributed by atoms with van der Waals surface area (Å²) in [5, 5.41) is 45.0. The second-order valence-corrected chi connectivity index (χ2v) is 17.2. The molecule has 0 aliphatic rings. The molecule has 0 amide bonds. The van der Waals surface area contributed by atoms with E-state index in [0.717, 1.165) is 20.8 Å². The molecule has 6 rings (SSSR count). The maximum Gasteiger partial charge on any atom is 1.00 e. The zero-order valence-electron chi connectivity index (χ0n) is 40.6. The van der Waals surface area contributed by atoms with E-state index in [2.05, 4.69) is 5.84 Å². The van der Waals surface area contributed by atoms with Crippen LogP contribution in [-0.4, -0.2) is 95.9 Å². The molecule has 19 nitrogen and oxygen atoms in total. The molecule has 6 aromatic carbocycles. The molecule has 0 fully saturated rings. The van der Waals surface area contributed by atoms with Gasteiger partial charge in [0.25, 0.3) is 0 Å². The molecule has 0 saturated heterocycles. The number of phenolic OH excluding ortho intramolecular Hbond substituents is 1. The zero-order valence-corrected chi connectivity index (χ0v) is 45.1. The first kappa shape index (κ1) is 75.4. The monoisotopic (exact) mass is 1140 g/mol. The summed E-state index contributed by atoms with van der Waals surface area (Å²) in [5.41, 5.74) is 2.86. The van der Waals surface area contributed by atoms with E-state index in [1.54, 1.807) is 0 Å². The van der Waals surface area contributed by atoms with Gasteiger partial charge in [0.15, 0.2) is 0 Å². The van der Waals surface area contributed by atoms with E-state index in [4.69, 9.17) is 28.9 Å². The number of methoxy groups -OCH3 is 4. The Labute approximate surface area is 489 Å². The number of esters is 5. The quantitative estimate of drug-likeness (QED) is 0.0100. The zero-order chi connectivity index (χ0) is 54.0. The van der Waals surface area contributed by atoms with E-state index >= 15 is 0 Å². The fraction of sp³-hybridized carbons (Fsp3) is 0.218. The Kier molecular flexibility index (Phi) is 38.2. The third-order valence-electron chi connectivity index (χ3n) is 9.52. The predicted molar refractivity (Wildman–Crippen MR) is 298 cm³/mol. The molecule has 0 bridgehead atoms.